The van der Waals surface area contributed by atoms with Gasteiger partial charge in [0.2, 0.25) is 5.91 Å². The minimum absolute atomic E-state index is 0.00685. The molecule has 2 amide bonds. The fraction of sp³-hybridized carbons (Fsp3) is 0.393. The van der Waals surface area contributed by atoms with Crippen molar-refractivity contribution in [2.75, 3.05) is 20.2 Å². The summed E-state index contributed by atoms with van der Waals surface area (Å²) in [4.78, 5) is 28.0. The van der Waals surface area contributed by atoms with Crippen LogP contribution in [0.15, 0.2) is 54.7 Å². The lowest BCUT2D eigenvalue weighted by atomic mass is 9.93. The first-order valence-electron chi connectivity index (χ1n) is 12.1. The number of carbonyl (C=O) groups excluding carboxylic acids is 2. The van der Waals surface area contributed by atoms with E-state index in [-0.39, 0.29) is 17.9 Å². The summed E-state index contributed by atoms with van der Waals surface area (Å²) in [6.07, 6.45) is 3.25. The Labute approximate surface area is 207 Å². The first-order chi connectivity index (χ1) is 16.7. The zero-order chi connectivity index (χ0) is 25.2. The van der Waals surface area contributed by atoms with Crippen LogP contribution in [-0.4, -0.2) is 52.7 Å². The van der Waals surface area contributed by atoms with E-state index in [1.54, 1.807) is 18.0 Å². The quantitative estimate of drug-likeness (QED) is 0.585. The molecule has 0 aliphatic carbocycles. The third-order valence-electron chi connectivity index (χ3n) is 6.36. The Morgan fingerprint density at radius 2 is 1.74 bits per heavy atom. The lowest BCUT2D eigenvalue weighted by Gasteiger charge is -2.36. The lowest BCUT2D eigenvalue weighted by molar-refractivity contribution is -0.140. The molecular weight excluding hydrogens is 440 g/mol. The second-order valence-corrected chi connectivity index (χ2v) is 10.2. The molecule has 1 aliphatic heterocycles. The standard InChI is InChI=1S/C28H34N4O3/c1-19-9-11-22(12-10-19)32-18-24(25(30-32)20-7-6-8-23(17-20)35-5)26(33)29-21-13-15-31(16-14-21)27(34)28(2,3)4/h6-12,17-18,21H,13-16H2,1-5H3,(H,29,33). The number of aromatic nitrogens is 2. The van der Waals surface area contributed by atoms with Crippen molar-refractivity contribution >= 4 is 11.8 Å². The molecule has 7 nitrogen and oxygen atoms in total. The SMILES string of the molecule is COc1cccc(-c2nn(-c3ccc(C)cc3)cc2C(=O)NC2CCN(C(=O)C(C)(C)C)CC2)c1. The molecule has 1 aliphatic rings. The van der Waals surface area contributed by atoms with Gasteiger partial charge in [0.25, 0.3) is 5.91 Å². The Morgan fingerprint density at radius 1 is 1.06 bits per heavy atom. The van der Waals surface area contributed by atoms with Crippen molar-refractivity contribution in [1.29, 1.82) is 0 Å². The zero-order valence-electron chi connectivity index (χ0n) is 21.2. The number of hydrogen-bond donors (Lipinski definition) is 1. The first-order valence-corrected chi connectivity index (χ1v) is 12.1. The maximum absolute atomic E-state index is 13.5. The van der Waals surface area contributed by atoms with Crippen molar-refractivity contribution in [2.45, 2.75) is 46.6 Å². The van der Waals surface area contributed by atoms with E-state index in [0.29, 0.717) is 30.1 Å². The third-order valence-corrected chi connectivity index (χ3v) is 6.36. The minimum atomic E-state index is -0.397. The Kier molecular flexibility index (Phi) is 6.96. The van der Waals surface area contributed by atoms with Crippen LogP contribution in [0.4, 0.5) is 0 Å². The van der Waals surface area contributed by atoms with Crippen LogP contribution in [0.2, 0.25) is 0 Å². The number of likely N-dealkylation sites (tertiary alicyclic amines) is 1. The monoisotopic (exact) mass is 474 g/mol. The number of piperidine rings is 1. The highest BCUT2D eigenvalue weighted by Gasteiger charge is 2.31. The van der Waals surface area contributed by atoms with Crippen LogP contribution in [0.5, 0.6) is 5.75 Å². The molecule has 0 atom stereocenters. The van der Waals surface area contributed by atoms with E-state index < -0.39 is 5.41 Å². The normalized spacial score (nSPS) is 14.6. The van der Waals surface area contributed by atoms with E-state index in [4.69, 9.17) is 9.84 Å². The van der Waals surface area contributed by atoms with Crippen molar-refractivity contribution in [3.8, 4) is 22.7 Å². The molecule has 184 valence electrons. The van der Waals surface area contributed by atoms with Crippen LogP contribution in [0, 0.1) is 12.3 Å². The number of benzene rings is 2. The number of amides is 2. The van der Waals surface area contributed by atoms with Crippen LogP contribution in [0.25, 0.3) is 16.9 Å². The van der Waals surface area contributed by atoms with Crippen LogP contribution < -0.4 is 10.1 Å². The summed E-state index contributed by atoms with van der Waals surface area (Å²) in [7, 11) is 1.62. The molecule has 1 aromatic heterocycles. The topological polar surface area (TPSA) is 76.5 Å². The van der Waals surface area contributed by atoms with Gasteiger partial charge in [0.15, 0.2) is 0 Å². The zero-order valence-corrected chi connectivity index (χ0v) is 21.2. The summed E-state index contributed by atoms with van der Waals surface area (Å²) in [6, 6.07) is 15.6. The summed E-state index contributed by atoms with van der Waals surface area (Å²) >= 11 is 0. The molecule has 0 bridgehead atoms. The Balaban J connectivity index is 1.57. The molecule has 1 fully saturated rings. The summed E-state index contributed by atoms with van der Waals surface area (Å²) in [6.45, 7) is 9.14. The molecule has 3 aromatic rings. The smallest absolute Gasteiger partial charge is 0.255 e. The van der Waals surface area contributed by atoms with Crippen molar-refractivity contribution in [3.63, 3.8) is 0 Å². The van der Waals surface area contributed by atoms with E-state index in [0.717, 1.165) is 29.7 Å². The third kappa shape index (κ3) is 5.56. The molecular formula is C28H34N4O3. The highest BCUT2D eigenvalue weighted by Crippen LogP contribution is 2.28. The summed E-state index contributed by atoms with van der Waals surface area (Å²) in [5, 5.41) is 7.96. The minimum Gasteiger partial charge on any atom is -0.497 e. The number of hydrogen-bond acceptors (Lipinski definition) is 4. The first kappa shape index (κ1) is 24.5. The van der Waals surface area contributed by atoms with E-state index in [9.17, 15) is 9.59 Å². The molecule has 1 N–H and O–H groups in total. The van der Waals surface area contributed by atoms with E-state index >= 15 is 0 Å². The Hall–Kier alpha value is -3.61. The van der Waals surface area contributed by atoms with Crippen LogP contribution in [0.3, 0.4) is 0 Å². The molecule has 35 heavy (non-hydrogen) atoms. The van der Waals surface area contributed by atoms with Crippen molar-refractivity contribution in [3.05, 3.63) is 65.9 Å². The number of nitrogens with zero attached hydrogens (tertiary/aromatic N) is 3. The molecule has 0 unspecified atom stereocenters. The Bertz CT molecular complexity index is 1200. The van der Waals surface area contributed by atoms with Crippen molar-refractivity contribution < 1.29 is 14.3 Å². The predicted octanol–water partition coefficient (Wildman–Crippen LogP) is 4.62. The molecule has 0 spiro atoms. The number of nitrogens with one attached hydrogen (secondary N) is 1. The predicted molar refractivity (Wildman–Crippen MR) is 137 cm³/mol. The maximum Gasteiger partial charge on any atom is 0.255 e. The van der Waals surface area contributed by atoms with Gasteiger partial charge >= 0.3 is 0 Å². The van der Waals surface area contributed by atoms with Gasteiger partial charge < -0.3 is 15.0 Å². The lowest BCUT2D eigenvalue weighted by Crippen LogP contribution is -2.49. The average molecular weight is 475 g/mol. The van der Waals surface area contributed by atoms with E-state index in [1.165, 1.54) is 0 Å². The molecule has 7 heteroatoms. The second-order valence-electron chi connectivity index (χ2n) is 10.2. The van der Waals surface area contributed by atoms with Gasteiger partial charge in [-0.2, -0.15) is 5.10 Å². The Morgan fingerprint density at radius 3 is 2.37 bits per heavy atom. The van der Waals surface area contributed by atoms with Gasteiger partial charge in [-0.3, -0.25) is 9.59 Å². The van der Waals surface area contributed by atoms with Crippen molar-refractivity contribution in [2.24, 2.45) is 5.41 Å². The molecule has 2 heterocycles. The van der Waals surface area contributed by atoms with Crippen LogP contribution in [-0.2, 0) is 4.79 Å². The fourth-order valence-corrected chi connectivity index (χ4v) is 4.32. The van der Waals surface area contributed by atoms with E-state index in [2.05, 4.69) is 5.32 Å². The van der Waals surface area contributed by atoms with Crippen LogP contribution in [0.1, 0.15) is 49.5 Å². The van der Waals surface area contributed by atoms with Gasteiger partial charge in [-0.1, -0.05) is 50.6 Å². The average Bonchev–Trinajstić information content (AvgIpc) is 3.30. The van der Waals surface area contributed by atoms with Gasteiger partial charge in [0.1, 0.15) is 11.4 Å². The second kappa shape index (κ2) is 9.94. The molecule has 0 saturated carbocycles. The maximum atomic E-state index is 13.5. The van der Waals surface area contributed by atoms with Gasteiger partial charge in [0, 0.05) is 36.3 Å². The van der Waals surface area contributed by atoms with Gasteiger partial charge in [-0.15, -0.1) is 0 Å². The number of methoxy groups -OCH3 is 1. The highest BCUT2D eigenvalue weighted by molar-refractivity contribution is 6.00. The summed E-state index contributed by atoms with van der Waals surface area (Å²) in [5.74, 6) is 0.693. The summed E-state index contributed by atoms with van der Waals surface area (Å²) < 4.78 is 7.13. The van der Waals surface area contributed by atoms with E-state index in [1.807, 2.05) is 81.1 Å². The van der Waals surface area contributed by atoms with Crippen molar-refractivity contribution in [1.82, 2.24) is 20.0 Å². The highest BCUT2D eigenvalue weighted by atomic mass is 16.5. The number of ether oxygens (including phenoxy) is 1. The summed E-state index contributed by atoms with van der Waals surface area (Å²) in [5.41, 5.74) is 3.56. The largest absolute Gasteiger partial charge is 0.497 e. The molecule has 4 rings (SSSR count). The fourth-order valence-electron chi connectivity index (χ4n) is 4.32. The molecule has 1 saturated heterocycles. The number of aryl methyl sites for hydroxylation is 1. The number of carbonyl (C=O) groups is 2. The van der Waals surface area contributed by atoms with Crippen LogP contribution >= 0.6 is 0 Å². The molecule has 0 radical (unpaired) electrons. The van der Waals surface area contributed by atoms with Gasteiger partial charge in [-0.05, 0) is 44.0 Å². The number of rotatable bonds is 5. The van der Waals surface area contributed by atoms with Gasteiger partial charge in [0.05, 0.1) is 18.4 Å². The molecule has 2 aromatic carbocycles. The van der Waals surface area contributed by atoms with Gasteiger partial charge in [-0.25, -0.2) is 4.68 Å².